The number of imide groups is 1. The van der Waals surface area contributed by atoms with Gasteiger partial charge in [0.05, 0.1) is 17.7 Å². The van der Waals surface area contributed by atoms with Crippen LogP contribution in [-0.4, -0.2) is 29.3 Å². The lowest BCUT2D eigenvalue weighted by atomic mass is 10.1. The van der Waals surface area contributed by atoms with Gasteiger partial charge >= 0.3 is 5.97 Å². The van der Waals surface area contributed by atoms with Crippen molar-refractivity contribution in [2.24, 2.45) is 0 Å². The zero-order chi connectivity index (χ0) is 13.1. The van der Waals surface area contributed by atoms with Gasteiger partial charge in [-0.05, 0) is 19.1 Å². The minimum Gasteiger partial charge on any atom is -0.463 e. The lowest BCUT2D eigenvalue weighted by Gasteiger charge is -2.06. The Kier molecular flexibility index (Phi) is 3.23. The van der Waals surface area contributed by atoms with Gasteiger partial charge in [-0.25, -0.2) is 9.69 Å². The summed E-state index contributed by atoms with van der Waals surface area (Å²) in [5.41, 5.74) is 0.687. The second-order valence-electron chi connectivity index (χ2n) is 3.59. The van der Waals surface area contributed by atoms with E-state index in [0.717, 1.165) is 17.2 Å². The molecule has 5 nitrogen and oxygen atoms in total. The third-order valence-electron chi connectivity index (χ3n) is 2.47. The van der Waals surface area contributed by atoms with Crippen molar-refractivity contribution in [2.75, 3.05) is 6.61 Å². The van der Waals surface area contributed by atoms with Crippen LogP contribution in [0.4, 0.5) is 0 Å². The standard InChI is InChI=1S/C13H11NO4/c1-2-18-11(15)7-8-14-12(16)9-5-3-4-6-10(9)13(14)17/h3-8H,2H2,1H3/b8-7-. The molecule has 0 radical (unpaired) electrons. The van der Waals surface area contributed by atoms with Gasteiger partial charge in [-0.2, -0.15) is 0 Å². The minimum absolute atomic E-state index is 0.241. The number of rotatable bonds is 3. The molecule has 0 saturated heterocycles. The van der Waals surface area contributed by atoms with Crippen LogP contribution in [0.5, 0.6) is 0 Å². The largest absolute Gasteiger partial charge is 0.463 e. The molecule has 1 heterocycles. The first-order valence-electron chi connectivity index (χ1n) is 5.47. The fraction of sp³-hybridized carbons (Fsp3) is 0.154. The molecular formula is C13H11NO4. The number of amides is 2. The highest BCUT2D eigenvalue weighted by Crippen LogP contribution is 2.22. The molecule has 1 aromatic rings. The van der Waals surface area contributed by atoms with E-state index in [1.54, 1.807) is 31.2 Å². The number of benzene rings is 1. The number of hydrogen-bond donors (Lipinski definition) is 0. The fourth-order valence-electron chi connectivity index (χ4n) is 1.67. The molecule has 0 spiro atoms. The van der Waals surface area contributed by atoms with Gasteiger partial charge in [-0.1, -0.05) is 12.1 Å². The summed E-state index contributed by atoms with van der Waals surface area (Å²) in [4.78, 5) is 35.8. The van der Waals surface area contributed by atoms with E-state index in [9.17, 15) is 14.4 Å². The van der Waals surface area contributed by atoms with Crippen LogP contribution in [0.3, 0.4) is 0 Å². The molecule has 2 amide bonds. The number of hydrogen-bond acceptors (Lipinski definition) is 4. The van der Waals surface area contributed by atoms with E-state index < -0.39 is 17.8 Å². The molecule has 92 valence electrons. The van der Waals surface area contributed by atoms with Crippen molar-refractivity contribution in [3.63, 3.8) is 0 Å². The molecular weight excluding hydrogens is 234 g/mol. The minimum atomic E-state index is -0.589. The Bertz CT molecular complexity index is 513. The summed E-state index contributed by atoms with van der Waals surface area (Å²) in [5.74, 6) is -1.46. The van der Waals surface area contributed by atoms with Gasteiger partial charge in [0.2, 0.25) is 0 Å². The van der Waals surface area contributed by atoms with Crippen LogP contribution in [-0.2, 0) is 9.53 Å². The Labute approximate surface area is 104 Å². The smallest absolute Gasteiger partial charge is 0.332 e. The van der Waals surface area contributed by atoms with Crippen molar-refractivity contribution in [1.82, 2.24) is 4.90 Å². The van der Waals surface area contributed by atoms with Crippen molar-refractivity contribution >= 4 is 17.8 Å². The Morgan fingerprint density at radius 2 is 1.78 bits per heavy atom. The molecule has 0 saturated carbocycles. The van der Waals surface area contributed by atoms with E-state index >= 15 is 0 Å². The Balaban J connectivity index is 2.21. The first-order valence-corrected chi connectivity index (χ1v) is 5.47. The average Bonchev–Trinajstić information content (AvgIpc) is 2.61. The second-order valence-corrected chi connectivity index (χ2v) is 3.59. The van der Waals surface area contributed by atoms with E-state index in [1.165, 1.54) is 0 Å². The Hall–Kier alpha value is -2.43. The highest BCUT2D eigenvalue weighted by molar-refractivity contribution is 6.22. The van der Waals surface area contributed by atoms with E-state index in [2.05, 4.69) is 4.74 Å². The van der Waals surface area contributed by atoms with E-state index in [0.29, 0.717) is 11.1 Å². The predicted molar refractivity (Wildman–Crippen MR) is 62.7 cm³/mol. The SMILES string of the molecule is CCOC(=O)/C=C\N1C(=O)c2ccccc2C1=O. The molecule has 2 rings (SSSR count). The normalized spacial score (nSPS) is 14.2. The van der Waals surface area contributed by atoms with Crippen molar-refractivity contribution in [2.45, 2.75) is 6.92 Å². The monoisotopic (exact) mass is 245 g/mol. The molecule has 0 fully saturated rings. The number of esters is 1. The summed E-state index contributed by atoms with van der Waals surface area (Å²) in [6, 6.07) is 6.52. The maximum absolute atomic E-state index is 11.9. The molecule has 0 bridgehead atoms. The summed E-state index contributed by atoms with van der Waals surface area (Å²) in [7, 11) is 0. The zero-order valence-electron chi connectivity index (χ0n) is 9.75. The molecule has 5 heteroatoms. The lowest BCUT2D eigenvalue weighted by molar-refractivity contribution is -0.137. The Morgan fingerprint density at radius 1 is 1.22 bits per heavy atom. The van der Waals surface area contributed by atoms with E-state index in [1.807, 2.05) is 0 Å². The maximum atomic E-state index is 11.9. The number of carbonyl (C=O) groups is 3. The van der Waals surface area contributed by atoms with Gasteiger partial charge in [0.25, 0.3) is 11.8 Å². The van der Waals surface area contributed by atoms with Crippen molar-refractivity contribution in [3.05, 3.63) is 47.7 Å². The van der Waals surface area contributed by atoms with Crippen molar-refractivity contribution < 1.29 is 19.1 Å². The van der Waals surface area contributed by atoms with Crippen LogP contribution in [0.15, 0.2) is 36.5 Å². The van der Waals surface area contributed by atoms with Crippen LogP contribution >= 0.6 is 0 Å². The summed E-state index contributed by atoms with van der Waals surface area (Å²) >= 11 is 0. The van der Waals surface area contributed by atoms with Crippen LogP contribution in [0.25, 0.3) is 0 Å². The molecule has 0 atom stereocenters. The molecule has 1 aliphatic rings. The summed E-state index contributed by atoms with van der Waals surface area (Å²) in [5, 5.41) is 0. The topological polar surface area (TPSA) is 63.7 Å². The highest BCUT2D eigenvalue weighted by atomic mass is 16.5. The van der Waals surface area contributed by atoms with Crippen molar-refractivity contribution in [3.8, 4) is 0 Å². The first-order chi connectivity index (χ1) is 8.65. The van der Waals surface area contributed by atoms with Crippen LogP contribution < -0.4 is 0 Å². The molecule has 0 aromatic heterocycles. The quantitative estimate of drug-likeness (QED) is 0.458. The first kappa shape index (κ1) is 12.0. The number of carbonyl (C=O) groups excluding carboxylic acids is 3. The number of fused-ring (bicyclic) bond motifs is 1. The summed E-state index contributed by atoms with van der Waals surface area (Å²) in [6.45, 7) is 1.92. The van der Waals surface area contributed by atoms with E-state index in [4.69, 9.17) is 0 Å². The Morgan fingerprint density at radius 3 is 2.28 bits per heavy atom. The molecule has 18 heavy (non-hydrogen) atoms. The van der Waals surface area contributed by atoms with Gasteiger partial charge in [0.15, 0.2) is 0 Å². The van der Waals surface area contributed by atoms with Crippen LogP contribution in [0.1, 0.15) is 27.6 Å². The third kappa shape index (κ3) is 2.02. The fourth-order valence-corrected chi connectivity index (χ4v) is 1.67. The second kappa shape index (κ2) is 4.83. The highest BCUT2D eigenvalue weighted by Gasteiger charge is 2.33. The van der Waals surface area contributed by atoms with Crippen LogP contribution in [0, 0.1) is 0 Å². The predicted octanol–water partition coefficient (Wildman–Crippen LogP) is 1.36. The van der Waals surface area contributed by atoms with Gasteiger partial charge in [-0.3, -0.25) is 9.59 Å². The molecule has 0 unspecified atom stereocenters. The third-order valence-corrected chi connectivity index (χ3v) is 2.47. The molecule has 1 aromatic carbocycles. The van der Waals surface area contributed by atoms with Crippen molar-refractivity contribution in [1.29, 1.82) is 0 Å². The average molecular weight is 245 g/mol. The van der Waals surface area contributed by atoms with Gasteiger partial charge in [0.1, 0.15) is 0 Å². The number of nitrogens with zero attached hydrogens (tertiary/aromatic N) is 1. The van der Waals surface area contributed by atoms with Gasteiger partial charge < -0.3 is 4.74 Å². The van der Waals surface area contributed by atoms with Gasteiger partial charge in [-0.15, -0.1) is 0 Å². The summed E-state index contributed by atoms with van der Waals surface area (Å²) < 4.78 is 4.67. The molecule has 1 aliphatic heterocycles. The zero-order valence-corrected chi connectivity index (χ0v) is 9.75. The van der Waals surface area contributed by atoms with Gasteiger partial charge in [0, 0.05) is 12.3 Å². The maximum Gasteiger partial charge on any atom is 0.332 e. The van der Waals surface area contributed by atoms with E-state index in [-0.39, 0.29) is 6.61 Å². The van der Waals surface area contributed by atoms with Crippen LogP contribution in [0.2, 0.25) is 0 Å². The summed E-state index contributed by atoms with van der Waals surface area (Å²) in [6.07, 6.45) is 2.20. The molecule has 0 aliphatic carbocycles. The molecule has 0 N–H and O–H groups in total. The number of ether oxygens (including phenoxy) is 1. The lowest BCUT2D eigenvalue weighted by Crippen LogP contribution is -2.24.